The van der Waals surface area contributed by atoms with Crippen molar-refractivity contribution in [2.45, 2.75) is 44.6 Å². The Morgan fingerprint density at radius 3 is 2.56 bits per heavy atom. The summed E-state index contributed by atoms with van der Waals surface area (Å²) in [6, 6.07) is 9.05. The number of hydrogen-bond acceptors (Lipinski definition) is 4. The first-order valence-electron chi connectivity index (χ1n) is 8.76. The minimum Gasteiger partial charge on any atom is -0.467 e. The van der Waals surface area contributed by atoms with E-state index >= 15 is 0 Å². The molecule has 1 aliphatic rings. The van der Waals surface area contributed by atoms with Gasteiger partial charge in [-0.1, -0.05) is 43.7 Å². The quantitative estimate of drug-likeness (QED) is 0.799. The van der Waals surface area contributed by atoms with Crippen molar-refractivity contribution in [1.29, 1.82) is 0 Å². The van der Waals surface area contributed by atoms with E-state index in [-0.39, 0.29) is 18.4 Å². The molecule has 136 valence electrons. The number of nitrogens with zero attached hydrogens (tertiary/aromatic N) is 1. The number of esters is 1. The number of ether oxygens (including phenoxy) is 1. The summed E-state index contributed by atoms with van der Waals surface area (Å²) in [5.41, 5.74) is -0.581. The monoisotopic (exact) mass is 346 g/mol. The predicted octanol–water partition coefficient (Wildman–Crippen LogP) is 1.98. The van der Waals surface area contributed by atoms with Crippen LogP contribution in [0, 0.1) is 0 Å². The highest BCUT2D eigenvalue weighted by Crippen LogP contribution is 2.26. The SMILES string of the molecule is CCC(NC(=O)CN1CCCCCC1=O)(C(=O)OC)c1ccccc1. The molecule has 1 saturated heterocycles. The second-order valence-corrected chi connectivity index (χ2v) is 6.29. The second-order valence-electron chi connectivity index (χ2n) is 6.29. The van der Waals surface area contributed by atoms with E-state index in [9.17, 15) is 14.4 Å². The van der Waals surface area contributed by atoms with Gasteiger partial charge in [0.1, 0.15) is 0 Å². The van der Waals surface area contributed by atoms with Crippen LogP contribution in [0.2, 0.25) is 0 Å². The molecule has 1 fully saturated rings. The van der Waals surface area contributed by atoms with E-state index in [4.69, 9.17) is 4.74 Å². The molecule has 6 nitrogen and oxygen atoms in total. The van der Waals surface area contributed by atoms with E-state index < -0.39 is 11.5 Å². The number of rotatable bonds is 6. The van der Waals surface area contributed by atoms with Gasteiger partial charge in [-0.2, -0.15) is 0 Å². The van der Waals surface area contributed by atoms with E-state index in [1.54, 1.807) is 17.0 Å². The summed E-state index contributed by atoms with van der Waals surface area (Å²) < 4.78 is 4.96. The van der Waals surface area contributed by atoms with Crippen molar-refractivity contribution >= 4 is 17.8 Å². The minimum absolute atomic E-state index is 0.00692. The van der Waals surface area contributed by atoms with Crippen molar-refractivity contribution in [3.05, 3.63) is 35.9 Å². The van der Waals surface area contributed by atoms with Gasteiger partial charge < -0.3 is 15.0 Å². The number of nitrogens with one attached hydrogen (secondary N) is 1. The predicted molar refractivity (Wildman–Crippen MR) is 93.6 cm³/mol. The van der Waals surface area contributed by atoms with Crippen molar-refractivity contribution in [3.63, 3.8) is 0 Å². The molecular formula is C19H26N2O4. The largest absolute Gasteiger partial charge is 0.467 e. The molecule has 2 amide bonds. The summed E-state index contributed by atoms with van der Waals surface area (Å²) in [7, 11) is 1.31. The minimum atomic E-state index is -1.25. The lowest BCUT2D eigenvalue weighted by Crippen LogP contribution is -2.54. The number of likely N-dealkylation sites (tertiary alicyclic amines) is 1. The molecule has 1 aromatic carbocycles. The lowest BCUT2D eigenvalue weighted by molar-refractivity contribution is -0.152. The van der Waals surface area contributed by atoms with Crippen LogP contribution >= 0.6 is 0 Å². The Morgan fingerprint density at radius 2 is 1.92 bits per heavy atom. The van der Waals surface area contributed by atoms with Gasteiger partial charge in [-0.25, -0.2) is 4.79 Å². The summed E-state index contributed by atoms with van der Waals surface area (Å²) >= 11 is 0. The molecule has 6 heteroatoms. The third-order valence-electron chi connectivity index (χ3n) is 4.69. The van der Waals surface area contributed by atoms with Gasteiger partial charge in [0.15, 0.2) is 5.54 Å². The van der Waals surface area contributed by atoms with E-state index in [1.165, 1.54) is 7.11 Å². The second kappa shape index (κ2) is 8.65. The molecule has 0 radical (unpaired) electrons. The Labute approximate surface area is 148 Å². The molecule has 0 bridgehead atoms. The number of carbonyl (C=O) groups excluding carboxylic acids is 3. The van der Waals surface area contributed by atoms with Gasteiger partial charge in [0.2, 0.25) is 11.8 Å². The van der Waals surface area contributed by atoms with Crippen molar-refractivity contribution in [2.75, 3.05) is 20.2 Å². The van der Waals surface area contributed by atoms with E-state index in [1.807, 2.05) is 25.1 Å². The highest BCUT2D eigenvalue weighted by Gasteiger charge is 2.41. The Bertz CT molecular complexity index is 617. The van der Waals surface area contributed by atoms with E-state index in [0.29, 0.717) is 24.9 Å². The van der Waals surface area contributed by atoms with Gasteiger partial charge in [0.25, 0.3) is 0 Å². The van der Waals surface area contributed by atoms with Gasteiger partial charge in [-0.05, 0) is 24.8 Å². The first kappa shape index (κ1) is 19.0. The topological polar surface area (TPSA) is 75.7 Å². The van der Waals surface area contributed by atoms with Crippen LogP contribution in [-0.2, 0) is 24.7 Å². The zero-order valence-corrected chi connectivity index (χ0v) is 14.9. The average Bonchev–Trinajstić information content (AvgIpc) is 2.84. The maximum absolute atomic E-state index is 12.6. The smallest absolute Gasteiger partial charge is 0.336 e. The zero-order chi connectivity index (χ0) is 18.3. The first-order chi connectivity index (χ1) is 12.0. The van der Waals surface area contributed by atoms with Crippen LogP contribution < -0.4 is 5.32 Å². The number of benzene rings is 1. The fraction of sp³-hybridized carbons (Fsp3) is 0.526. The molecule has 1 heterocycles. The lowest BCUT2D eigenvalue weighted by atomic mass is 9.87. The van der Waals surface area contributed by atoms with Crippen LogP contribution in [0.1, 0.15) is 44.6 Å². The molecule has 0 aliphatic carbocycles. The van der Waals surface area contributed by atoms with Crippen molar-refractivity contribution in [1.82, 2.24) is 10.2 Å². The molecule has 0 aromatic heterocycles. The lowest BCUT2D eigenvalue weighted by Gasteiger charge is -2.32. The molecule has 1 atom stereocenters. The fourth-order valence-electron chi connectivity index (χ4n) is 3.23. The Balaban J connectivity index is 2.20. The number of amides is 2. The van der Waals surface area contributed by atoms with Gasteiger partial charge in [-0.3, -0.25) is 9.59 Å². The van der Waals surface area contributed by atoms with Crippen LogP contribution in [0.15, 0.2) is 30.3 Å². The maximum Gasteiger partial charge on any atom is 0.336 e. The van der Waals surface area contributed by atoms with Crippen LogP contribution in [0.4, 0.5) is 0 Å². The van der Waals surface area contributed by atoms with Crippen molar-refractivity contribution < 1.29 is 19.1 Å². The summed E-state index contributed by atoms with van der Waals surface area (Å²) in [5, 5.41) is 2.83. The third-order valence-corrected chi connectivity index (χ3v) is 4.69. The molecule has 1 aliphatic heterocycles. The molecule has 1 N–H and O–H groups in total. The van der Waals surface area contributed by atoms with Crippen molar-refractivity contribution in [2.24, 2.45) is 0 Å². The summed E-state index contributed by atoms with van der Waals surface area (Å²) in [4.78, 5) is 38.8. The van der Waals surface area contributed by atoms with Crippen LogP contribution in [0.3, 0.4) is 0 Å². The highest BCUT2D eigenvalue weighted by molar-refractivity contribution is 5.91. The van der Waals surface area contributed by atoms with Gasteiger partial charge >= 0.3 is 5.97 Å². The van der Waals surface area contributed by atoms with E-state index in [2.05, 4.69) is 5.32 Å². The van der Waals surface area contributed by atoms with Crippen LogP contribution in [0.25, 0.3) is 0 Å². The Hall–Kier alpha value is -2.37. The van der Waals surface area contributed by atoms with Gasteiger partial charge in [-0.15, -0.1) is 0 Å². The normalized spacial score (nSPS) is 17.4. The molecular weight excluding hydrogens is 320 g/mol. The van der Waals surface area contributed by atoms with Gasteiger partial charge in [0.05, 0.1) is 13.7 Å². The standard InChI is InChI=1S/C19H26N2O4/c1-3-19(18(24)25-2,15-10-6-4-7-11-15)20-16(22)14-21-13-9-5-8-12-17(21)23/h4,6-7,10-11H,3,5,8-9,12-14H2,1-2H3,(H,20,22). The third kappa shape index (κ3) is 4.38. The molecule has 1 unspecified atom stereocenters. The summed E-state index contributed by atoms with van der Waals surface area (Å²) in [5.74, 6) is -0.879. The van der Waals surface area contributed by atoms with Crippen molar-refractivity contribution in [3.8, 4) is 0 Å². The first-order valence-corrected chi connectivity index (χ1v) is 8.76. The number of methoxy groups -OCH3 is 1. The average molecular weight is 346 g/mol. The number of hydrogen-bond donors (Lipinski definition) is 1. The molecule has 2 rings (SSSR count). The highest BCUT2D eigenvalue weighted by atomic mass is 16.5. The molecule has 1 aromatic rings. The summed E-state index contributed by atoms with van der Waals surface area (Å²) in [6.45, 7) is 2.36. The number of carbonyl (C=O) groups is 3. The maximum atomic E-state index is 12.6. The van der Waals surface area contributed by atoms with E-state index in [0.717, 1.165) is 19.3 Å². The molecule has 0 saturated carbocycles. The Morgan fingerprint density at radius 1 is 1.20 bits per heavy atom. The van der Waals surface area contributed by atoms with Crippen LogP contribution in [0.5, 0.6) is 0 Å². The Kier molecular flexibility index (Phi) is 6.56. The molecule has 0 spiro atoms. The summed E-state index contributed by atoms with van der Waals surface area (Å²) in [6.07, 6.45) is 3.58. The zero-order valence-electron chi connectivity index (χ0n) is 14.9. The van der Waals surface area contributed by atoms with Crippen LogP contribution in [-0.4, -0.2) is 42.9 Å². The molecule has 25 heavy (non-hydrogen) atoms. The van der Waals surface area contributed by atoms with Gasteiger partial charge in [0, 0.05) is 13.0 Å². The fourth-order valence-corrected chi connectivity index (χ4v) is 3.23.